The maximum Gasteiger partial charge on any atom is 0.264 e. The molecule has 0 aliphatic carbocycles. The molecule has 9 heteroatoms. The first-order valence-electron chi connectivity index (χ1n) is 5.86. The van der Waals surface area contributed by atoms with Gasteiger partial charge in [-0.05, 0) is 18.2 Å². The zero-order valence-electron chi connectivity index (χ0n) is 11.2. The van der Waals surface area contributed by atoms with Crippen molar-refractivity contribution in [1.29, 1.82) is 0 Å². The second kappa shape index (κ2) is 6.32. The van der Waals surface area contributed by atoms with Crippen molar-refractivity contribution in [3.63, 3.8) is 0 Å². The van der Waals surface area contributed by atoms with Gasteiger partial charge in [-0.3, -0.25) is 4.18 Å². The molecule has 2 rings (SSSR count). The Balaban J connectivity index is 2.14. The highest BCUT2D eigenvalue weighted by Gasteiger charge is 2.11. The molecule has 0 aliphatic heterocycles. The Hall–Kier alpha value is -2.13. The highest BCUT2D eigenvalue weighted by molar-refractivity contribution is 7.85. The van der Waals surface area contributed by atoms with Crippen LogP contribution in [0, 0.1) is 17.5 Å². The van der Waals surface area contributed by atoms with Crippen molar-refractivity contribution in [2.24, 2.45) is 0 Å². The standard InChI is InChI=1S/C13H10F3NO4S/c1-22(18,19)20-7-8-4-12(16)13(17-6-8)21-9-2-3-10(14)11(15)5-9/h2-6H,7H2,1H3. The molecule has 0 amide bonds. The van der Waals surface area contributed by atoms with E-state index in [0.29, 0.717) is 0 Å². The SMILES string of the molecule is CS(=O)(=O)OCc1cnc(Oc2ccc(F)c(F)c2)c(F)c1. The molecule has 22 heavy (non-hydrogen) atoms. The van der Waals surface area contributed by atoms with Crippen molar-refractivity contribution in [3.05, 3.63) is 53.5 Å². The van der Waals surface area contributed by atoms with Crippen LogP contribution in [0.2, 0.25) is 0 Å². The van der Waals surface area contributed by atoms with Crippen LogP contribution >= 0.6 is 0 Å². The molecule has 5 nitrogen and oxygen atoms in total. The number of aromatic nitrogens is 1. The van der Waals surface area contributed by atoms with Crippen molar-refractivity contribution < 1.29 is 30.5 Å². The number of pyridine rings is 1. The minimum absolute atomic E-state index is 0.134. The maximum atomic E-state index is 13.8. The molecule has 0 bridgehead atoms. The Bertz CT molecular complexity index is 796. The Kier molecular flexibility index (Phi) is 4.67. The van der Waals surface area contributed by atoms with Crippen LogP contribution in [0.5, 0.6) is 11.6 Å². The van der Waals surface area contributed by atoms with Crippen LogP contribution in [-0.2, 0) is 20.9 Å². The van der Waals surface area contributed by atoms with Gasteiger partial charge in [-0.2, -0.15) is 8.42 Å². The van der Waals surface area contributed by atoms with Gasteiger partial charge in [-0.15, -0.1) is 0 Å². The zero-order valence-corrected chi connectivity index (χ0v) is 12.0. The molecule has 0 fully saturated rings. The van der Waals surface area contributed by atoms with Gasteiger partial charge in [0.1, 0.15) is 5.75 Å². The van der Waals surface area contributed by atoms with Crippen molar-refractivity contribution >= 4 is 10.1 Å². The Morgan fingerprint density at radius 2 is 1.82 bits per heavy atom. The summed E-state index contributed by atoms with van der Waals surface area (Å²) in [6, 6.07) is 3.65. The molecule has 0 radical (unpaired) electrons. The van der Waals surface area contributed by atoms with E-state index in [1.54, 1.807) is 0 Å². The molecular formula is C13H10F3NO4S. The van der Waals surface area contributed by atoms with Crippen LogP contribution in [0.4, 0.5) is 13.2 Å². The van der Waals surface area contributed by atoms with E-state index in [1.165, 1.54) is 0 Å². The lowest BCUT2D eigenvalue weighted by Crippen LogP contribution is -2.03. The lowest BCUT2D eigenvalue weighted by Gasteiger charge is -2.07. The zero-order chi connectivity index (χ0) is 16.3. The average molecular weight is 333 g/mol. The summed E-state index contributed by atoms with van der Waals surface area (Å²) in [6.07, 6.45) is 2.00. The number of benzene rings is 1. The third-order valence-electron chi connectivity index (χ3n) is 2.41. The van der Waals surface area contributed by atoms with E-state index in [1.807, 2.05) is 0 Å². The van der Waals surface area contributed by atoms with E-state index in [9.17, 15) is 21.6 Å². The second-order valence-corrected chi connectivity index (χ2v) is 5.92. The van der Waals surface area contributed by atoms with Gasteiger partial charge in [0.25, 0.3) is 16.0 Å². The van der Waals surface area contributed by atoms with Gasteiger partial charge >= 0.3 is 0 Å². The molecule has 0 saturated heterocycles. The van der Waals surface area contributed by atoms with E-state index in [-0.39, 0.29) is 17.9 Å². The molecular weight excluding hydrogens is 323 g/mol. The topological polar surface area (TPSA) is 65.5 Å². The van der Waals surface area contributed by atoms with Gasteiger partial charge in [-0.1, -0.05) is 0 Å². The summed E-state index contributed by atoms with van der Waals surface area (Å²) < 4.78 is 70.7. The second-order valence-electron chi connectivity index (χ2n) is 4.27. The normalized spacial score (nSPS) is 11.5. The van der Waals surface area contributed by atoms with Crippen LogP contribution in [0.15, 0.2) is 30.5 Å². The molecule has 0 unspecified atom stereocenters. The van der Waals surface area contributed by atoms with Gasteiger partial charge in [0.15, 0.2) is 17.5 Å². The Morgan fingerprint density at radius 3 is 2.41 bits per heavy atom. The minimum atomic E-state index is -3.66. The number of ether oxygens (including phenoxy) is 1. The van der Waals surface area contributed by atoms with Gasteiger partial charge in [0, 0.05) is 17.8 Å². The van der Waals surface area contributed by atoms with E-state index < -0.39 is 33.4 Å². The minimum Gasteiger partial charge on any atom is -0.436 e. The number of halogens is 3. The molecule has 0 atom stereocenters. The molecule has 2 aromatic rings. The molecule has 1 aromatic heterocycles. The third kappa shape index (κ3) is 4.43. The Labute approximate surface area is 124 Å². The van der Waals surface area contributed by atoms with Crippen molar-refractivity contribution in [2.45, 2.75) is 6.61 Å². The first-order chi connectivity index (χ1) is 10.2. The van der Waals surface area contributed by atoms with Crippen LogP contribution in [0.3, 0.4) is 0 Å². The van der Waals surface area contributed by atoms with Gasteiger partial charge in [-0.25, -0.2) is 18.2 Å². The molecule has 0 spiro atoms. The van der Waals surface area contributed by atoms with Crippen LogP contribution in [-0.4, -0.2) is 19.7 Å². The molecule has 1 aromatic carbocycles. The number of rotatable bonds is 5. The van der Waals surface area contributed by atoms with Crippen molar-refractivity contribution in [1.82, 2.24) is 4.98 Å². The average Bonchev–Trinajstić information content (AvgIpc) is 2.42. The largest absolute Gasteiger partial charge is 0.436 e. The predicted octanol–water partition coefficient (Wildman–Crippen LogP) is 2.77. The summed E-state index contributed by atoms with van der Waals surface area (Å²) in [6.45, 7) is -0.381. The maximum absolute atomic E-state index is 13.8. The fourth-order valence-electron chi connectivity index (χ4n) is 1.45. The lowest BCUT2D eigenvalue weighted by atomic mass is 10.3. The van der Waals surface area contributed by atoms with E-state index in [4.69, 9.17) is 4.74 Å². The molecule has 0 saturated carbocycles. The highest BCUT2D eigenvalue weighted by Crippen LogP contribution is 2.24. The summed E-state index contributed by atoms with van der Waals surface area (Å²) >= 11 is 0. The van der Waals surface area contributed by atoms with E-state index >= 15 is 0 Å². The Morgan fingerprint density at radius 1 is 1.09 bits per heavy atom. The smallest absolute Gasteiger partial charge is 0.264 e. The molecule has 0 N–H and O–H groups in total. The van der Waals surface area contributed by atoms with Crippen LogP contribution < -0.4 is 4.74 Å². The first-order valence-corrected chi connectivity index (χ1v) is 7.68. The van der Waals surface area contributed by atoms with Gasteiger partial charge < -0.3 is 4.74 Å². The molecule has 0 aliphatic rings. The molecule has 118 valence electrons. The van der Waals surface area contributed by atoms with Crippen LogP contribution in [0.1, 0.15) is 5.56 Å². The first kappa shape index (κ1) is 16.2. The number of hydrogen-bond acceptors (Lipinski definition) is 5. The van der Waals surface area contributed by atoms with Crippen molar-refractivity contribution in [2.75, 3.05) is 6.26 Å². The summed E-state index contributed by atoms with van der Waals surface area (Å²) in [5.74, 6) is -3.70. The molecule has 1 heterocycles. The quantitative estimate of drug-likeness (QED) is 0.787. The van der Waals surface area contributed by atoms with E-state index in [2.05, 4.69) is 9.17 Å². The third-order valence-corrected chi connectivity index (χ3v) is 2.96. The highest BCUT2D eigenvalue weighted by atomic mass is 32.2. The van der Waals surface area contributed by atoms with E-state index in [0.717, 1.165) is 36.7 Å². The van der Waals surface area contributed by atoms with Gasteiger partial charge in [0.2, 0.25) is 0 Å². The van der Waals surface area contributed by atoms with Gasteiger partial charge in [0.05, 0.1) is 12.9 Å². The van der Waals surface area contributed by atoms with Crippen molar-refractivity contribution in [3.8, 4) is 11.6 Å². The van der Waals surface area contributed by atoms with Crippen LogP contribution in [0.25, 0.3) is 0 Å². The lowest BCUT2D eigenvalue weighted by molar-refractivity contribution is 0.309. The fraction of sp³-hybridized carbons (Fsp3) is 0.154. The summed E-state index contributed by atoms with van der Waals surface area (Å²) in [4.78, 5) is 3.64. The monoisotopic (exact) mass is 333 g/mol. The summed E-state index contributed by atoms with van der Waals surface area (Å²) in [5, 5.41) is 0. The predicted molar refractivity (Wildman–Crippen MR) is 70.3 cm³/mol. The fourth-order valence-corrected chi connectivity index (χ4v) is 1.80. The number of nitrogens with zero attached hydrogens (tertiary/aromatic N) is 1. The summed E-state index contributed by atoms with van der Waals surface area (Å²) in [7, 11) is -3.66. The number of hydrogen-bond donors (Lipinski definition) is 0. The summed E-state index contributed by atoms with van der Waals surface area (Å²) in [5.41, 5.74) is 0.167.